The Balaban J connectivity index is 1.67. The van der Waals surface area contributed by atoms with Crippen LogP contribution in [0.15, 0.2) is 0 Å². The molecule has 6 heteroatoms. The van der Waals surface area contributed by atoms with E-state index >= 15 is 0 Å². The molecule has 0 saturated carbocycles. The Morgan fingerprint density at radius 2 is 1.89 bits per heavy atom. The van der Waals surface area contributed by atoms with Crippen LogP contribution >= 0.6 is 0 Å². The molecule has 0 bridgehead atoms. The van der Waals surface area contributed by atoms with E-state index in [1.165, 1.54) is 0 Å². The largest absolute Gasteiger partial charge is 0.394 e. The minimum absolute atomic E-state index is 0.0716. The maximum absolute atomic E-state index is 12.2. The number of aliphatic hydroxyl groups is 1. The quantitative estimate of drug-likeness (QED) is 0.664. The van der Waals surface area contributed by atoms with Gasteiger partial charge < -0.3 is 20.1 Å². The molecule has 0 aromatic heterocycles. The summed E-state index contributed by atoms with van der Waals surface area (Å²) in [7, 11) is 0. The van der Waals surface area contributed by atoms with E-state index in [4.69, 9.17) is 9.84 Å². The molecule has 0 spiro atoms. The molecule has 2 N–H and O–H groups in total. The van der Waals surface area contributed by atoms with Gasteiger partial charge in [-0.2, -0.15) is 0 Å². The third-order valence-corrected chi connectivity index (χ3v) is 3.81. The van der Waals surface area contributed by atoms with E-state index in [9.17, 15) is 4.79 Å². The van der Waals surface area contributed by atoms with Crippen LogP contribution in [0, 0.1) is 0 Å². The first kappa shape index (κ1) is 14.7. The fourth-order valence-corrected chi connectivity index (χ4v) is 2.65. The zero-order valence-electron chi connectivity index (χ0n) is 11.5. The maximum Gasteiger partial charge on any atom is 0.236 e. The molecule has 6 nitrogen and oxygen atoms in total. The Hall–Kier alpha value is -0.690. The molecule has 2 rings (SSSR count). The number of likely N-dealkylation sites (tertiary alicyclic amines) is 1. The highest BCUT2D eigenvalue weighted by atomic mass is 16.5. The van der Waals surface area contributed by atoms with E-state index in [0.29, 0.717) is 13.2 Å². The summed E-state index contributed by atoms with van der Waals surface area (Å²) in [6.07, 6.45) is 1.97. The van der Waals surface area contributed by atoms with Crippen molar-refractivity contribution in [2.24, 2.45) is 0 Å². The van der Waals surface area contributed by atoms with Crippen molar-refractivity contribution in [3.8, 4) is 0 Å². The van der Waals surface area contributed by atoms with E-state index in [0.717, 1.165) is 52.1 Å². The van der Waals surface area contributed by atoms with Crippen LogP contribution in [-0.4, -0.2) is 85.9 Å². The number of aliphatic hydroxyl groups excluding tert-OH is 1. The summed E-state index contributed by atoms with van der Waals surface area (Å²) in [4.78, 5) is 16.3. The number of amides is 1. The lowest BCUT2D eigenvalue weighted by molar-refractivity contribution is -0.135. The van der Waals surface area contributed by atoms with Gasteiger partial charge in [0, 0.05) is 39.3 Å². The Bertz CT molecular complexity index is 274. The number of carbonyl (C=O) groups excluding carboxylic acids is 1. The average molecular weight is 271 g/mol. The smallest absolute Gasteiger partial charge is 0.236 e. The summed E-state index contributed by atoms with van der Waals surface area (Å²) in [6, 6.07) is 0. The Morgan fingerprint density at radius 3 is 2.53 bits per heavy atom. The van der Waals surface area contributed by atoms with Crippen LogP contribution in [-0.2, 0) is 9.53 Å². The minimum atomic E-state index is 0.0716. The molecule has 2 saturated heterocycles. The number of carbonyl (C=O) groups is 1. The monoisotopic (exact) mass is 271 g/mol. The molecule has 0 aromatic rings. The molecule has 0 radical (unpaired) electrons. The van der Waals surface area contributed by atoms with Gasteiger partial charge in [-0.05, 0) is 12.8 Å². The van der Waals surface area contributed by atoms with Gasteiger partial charge >= 0.3 is 0 Å². The zero-order chi connectivity index (χ0) is 13.5. The van der Waals surface area contributed by atoms with Gasteiger partial charge in [0.2, 0.25) is 5.91 Å². The van der Waals surface area contributed by atoms with Crippen LogP contribution in [0.4, 0.5) is 0 Å². The Kier molecular flexibility index (Phi) is 6.03. The first-order chi connectivity index (χ1) is 9.29. The number of rotatable bonds is 5. The van der Waals surface area contributed by atoms with Crippen molar-refractivity contribution in [3.05, 3.63) is 0 Å². The molecule has 2 fully saturated rings. The number of nitrogens with zero attached hydrogens (tertiary/aromatic N) is 2. The zero-order valence-corrected chi connectivity index (χ0v) is 11.5. The van der Waals surface area contributed by atoms with Gasteiger partial charge in [0.15, 0.2) is 0 Å². The second kappa shape index (κ2) is 7.79. The highest BCUT2D eigenvalue weighted by Gasteiger charge is 2.24. The number of piperidine rings is 1. The number of ether oxygens (including phenoxy) is 1. The van der Waals surface area contributed by atoms with Crippen LogP contribution in [0.25, 0.3) is 0 Å². The average Bonchev–Trinajstić information content (AvgIpc) is 2.46. The molecule has 2 aliphatic rings. The SMILES string of the molecule is O=C(CN1CCNCC1)N1CCC(OCCO)CC1. The molecule has 2 aliphatic heterocycles. The second-order valence-electron chi connectivity index (χ2n) is 5.20. The van der Waals surface area contributed by atoms with Crippen molar-refractivity contribution in [2.75, 3.05) is 59.0 Å². The summed E-state index contributed by atoms with van der Waals surface area (Å²) < 4.78 is 5.50. The lowest BCUT2D eigenvalue weighted by Gasteiger charge is -2.34. The van der Waals surface area contributed by atoms with Gasteiger partial charge in [-0.25, -0.2) is 0 Å². The van der Waals surface area contributed by atoms with Crippen LogP contribution < -0.4 is 5.32 Å². The molecular weight excluding hydrogens is 246 g/mol. The summed E-state index contributed by atoms with van der Waals surface area (Å²) >= 11 is 0. The van der Waals surface area contributed by atoms with E-state index in [1.54, 1.807) is 0 Å². The van der Waals surface area contributed by atoms with Crippen LogP contribution in [0.5, 0.6) is 0 Å². The van der Waals surface area contributed by atoms with Crippen molar-refractivity contribution in [1.82, 2.24) is 15.1 Å². The highest BCUT2D eigenvalue weighted by Crippen LogP contribution is 2.14. The topological polar surface area (TPSA) is 65.0 Å². The molecular formula is C13H25N3O3. The maximum atomic E-state index is 12.2. The molecule has 0 aliphatic carbocycles. The van der Waals surface area contributed by atoms with Gasteiger partial charge in [0.05, 0.1) is 25.9 Å². The normalized spacial score (nSPS) is 22.7. The fraction of sp³-hybridized carbons (Fsp3) is 0.923. The van der Waals surface area contributed by atoms with Gasteiger partial charge in [-0.1, -0.05) is 0 Å². The third kappa shape index (κ3) is 4.72. The van der Waals surface area contributed by atoms with Crippen LogP contribution in [0.1, 0.15) is 12.8 Å². The first-order valence-corrected chi connectivity index (χ1v) is 7.23. The molecule has 0 unspecified atom stereocenters. The molecule has 0 atom stereocenters. The number of hydrogen-bond acceptors (Lipinski definition) is 5. The number of hydrogen-bond donors (Lipinski definition) is 2. The summed E-state index contributed by atoms with van der Waals surface area (Å²) in [5.74, 6) is 0.238. The van der Waals surface area contributed by atoms with E-state index in [1.807, 2.05) is 4.90 Å². The number of piperazine rings is 1. The van der Waals surface area contributed by atoms with Crippen molar-refractivity contribution in [3.63, 3.8) is 0 Å². The van der Waals surface area contributed by atoms with Crippen molar-refractivity contribution < 1.29 is 14.6 Å². The molecule has 2 heterocycles. The second-order valence-corrected chi connectivity index (χ2v) is 5.20. The first-order valence-electron chi connectivity index (χ1n) is 7.23. The van der Waals surface area contributed by atoms with E-state index in [2.05, 4.69) is 10.2 Å². The Morgan fingerprint density at radius 1 is 1.21 bits per heavy atom. The number of nitrogens with one attached hydrogen (secondary N) is 1. The Labute approximate surface area is 114 Å². The van der Waals surface area contributed by atoms with Crippen LogP contribution in [0.3, 0.4) is 0 Å². The highest BCUT2D eigenvalue weighted by molar-refractivity contribution is 5.78. The van der Waals surface area contributed by atoms with Crippen molar-refractivity contribution in [2.45, 2.75) is 18.9 Å². The molecule has 19 heavy (non-hydrogen) atoms. The lowest BCUT2D eigenvalue weighted by Crippen LogP contribution is -2.50. The standard InChI is InChI=1S/C13H25N3O3/c17-9-10-19-12-1-5-16(6-2-12)13(18)11-15-7-3-14-4-8-15/h12,14,17H,1-11H2. The summed E-state index contributed by atoms with van der Waals surface area (Å²) in [6.45, 7) is 6.45. The predicted molar refractivity (Wildman–Crippen MR) is 71.9 cm³/mol. The van der Waals surface area contributed by atoms with Crippen molar-refractivity contribution in [1.29, 1.82) is 0 Å². The van der Waals surface area contributed by atoms with Gasteiger partial charge in [0.1, 0.15) is 0 Å². The van der Waals surface area contributed by atoms with E-state index in [-0.39, 0.29) is 18.6 Å². The van der Waals surface area contributed by atoms with Crippen LogP contribution in [0.2, 0.25) is 0 Å². The van der Waals surface area contributed by atoms with E-state index < -0.39 is 0 Å². The third-order valence-electron chi connectivity index (χ3n) is 3.81. The molecule has 110 valence electrons. The van der Waals surface area contributed by atoms with Gasteiger partial charge in [0.25, 0.3) is 0 Å². The molecule has 0 aromatic carbocycles. The molecule has 1 amide bonds. The summed E-state index contributed by atoms with van der Waals surface area (Å²) in [5, 5.41) is 12.0. The fourth-order valence-electron chi connectivity index (χ4n) is 2.65. The summed E-state index contributed by atoms with van der Waals surface area (Å²) in [5.41, 5.74) is 0. The van der Waals surface area contributed by atoms with Gasteiger partial charge in [-0.15, -0.1) is 0 Å². The lowest BCUT2D eigenvalue weighted by atomic mass is 10.1. The van der Waals surface area contributed by atoms with Crippen molar-refractivity contribution >= 4 is 5.91 Å². The minimum Gasteiger partial charge on any atom is -0.394 e. The van der Waals surface area contributed by atoms with Gasteiger partial charge in [-0.3, -0.25) is 9.69 Å². The predicted octanol–water partition coefficient (Wildman–Crippen LogP) is -1.11.